The lowest BCUT2D eigenvalue weighted by atomic mass is 10.2. The molecule has 0 saturated heterocycles. The second-order valence-corrected chi connectivity index (χ2v) is 6.56. The second-order valence-electron chi connectivity index (χ2n) is 5.81. The molecule has 0 aromatic carbocycles. The number of hydrogen-bond acceptors (Lipinski definition) is 8. The summed E-state index contributed by atoms with van der Waals surface area (Å²) in [6, 6.07) is 3.95. The molecule has 4 heterocycles. The lowest BCUT2D eigenvalue weighted by Crippen LogP contribution is -2.12. The van der Waals surface area contributed by atoms with Crippen LogP contribution >= 0.6 is 23.9 Å². The Morgan fingerprint density at radius 1 is 1.32 bits per heavy atom. The molecule has 0 saturated carbocycles. The lowest BCUT2D eigenvalue weighted by Gasteiger charge is -2.10. The van der Waals surface area contributed by atoms with Crippen LogP contribution in [0.15, 0.2) is 24.5 Å². The fraction of sp³-hybridized carbons (Fsp3) is 0.250. The van der Waals surface area contributed by atoms with Gasteiger partial charge in [0.2, 0.25) is 5.13 Å². The normalized spacial score (nSPS) is 12.6. The summed E-state index contributed by atoms with van der Waals surface area (Å²) >= 11 is 1.27. The summed E-state index contributed by atoms with van der Waals surface area (Å²) in [5.74, 6) is 1.22. The zero-order valence-electron chi connectivity index (χ0n) is 13.9. The average molecular weight is 376 g/mol. The maximum atomic E-state index is 6.04. The lowest BCUT2D eigenvalue weighted by molar-refractivity contribution is 0.955. The minimum atomic E-state index is 0. The Morgan fingerprint density at radius 3 is 3.00 bits per heavy atom. The highest BCUT2D eigenvalue weighted by Gasteiger charge is 2.18. The number of nitrogens with two attached hydrogens (primary N) is 1. The quantitative estimate of drug-likeness (QED) is 0.726. The summed E-state index contributed by atoms with van der Waals surface area (Å²) in [5.41, 5.74) is 10.9. The Balaban J connectivity index is 0.00000182. The van der Waals surface area contributed by atoms with Gasteiger partial charge in [-0.25, -0.2) is 4.98 Å². The molecule has 0 fully saturated rings. The van der Waals surface area contributed by atoms with E-state index in [4.69, 9.17) is 5.73 Å². The highest BCUT2D eigenvalue weighted by Crippen LogP contribution is 2.30. The number of aryl methyl sites for hydroxylation is 1. The molecule has 0 spiro atoms. The number of nitrogens with zero attached hydrogens (tertiary/aromatic N) is 5. The summed E-state index contributed by atoms with van der Waals surface area (Å²) in [7, 11) is 2.08. The van der Waals surface area contributed by atoms with Crippen LogP contribution in [0.3, 0.4) is 0 Å². The van der Waals surface area contributed by atoms with Crippen LogP contribution < -0.4 is 16.0 Å². The number of aromatic nitrogens is 4. The number of nitrogen functional groups attached to an aromatic ring is 1. The highest BCUT2D eigenvalue weighted by molar-refractivity contribution is 7.09. The predicted octanol–water partition coefficient (Wildman–Crippen LogP) is 3.04. The summed E-state index contributed by atoms with van der Waals surface area (Å²) in [6.45, 7) is 2.97. The molecular formula is C16H18ClN7S. The van der Waals surface area contributed by atoms with Crippen molar-refractivity contribution in [2.24, 2.45) is 0 Å². The number of anilines is 4. The molecule has 1 aliphatic rings. The molecule has 3 aromatic heterocycles. The van der Waals surface area contributed by atoms with Crippen LogP contribution in [0.1, 0.15) is 11.1 Å². The number of likely N-dealkylation sites (N-methyl/N-ethyl adjacent to an activating group) is 1. The molecule has 130 valence electrons. The van der Waals surface area contributed by atoms with Gasteiger partial charge in [-0.05, 0) is 36.6 Å². The first kappa shape index (κ1) is 17.4. The zero-order valence-corrected chi connectivity index (χ0v) is 15.5. The van der Waals surface area contributed by atoms with E-state index >= 15 is 0 Å². The van der Waals surface area contributed by atoms with Crippen LogP contribution in [-0.4, -0.2) is 32.9 Å². The number of halogens is 1. The van der Waals surface area contributed by atoms with Gasteiger partial charge in [0.15, 0.2) is 11.6 Å². The van der Waals surface area contributed by atoms with Gasteiger partial charge < -0.3 is 16.0 Å². The molecule has 0 radical (unpaired) electrons. The van der Waals surface area contributed by atoms with E-state index in [0.29, 0.717) is 22.5 Å². The van der Waals surface area contributed by atoms with Crippen molar-refractivity contribution >= 4 is 46.3 Å². The fourth-order valence-electron chi connectivity index (χ4n) is 2.71. The van der Waals surface area contributed by atoms with Crippen molar-refractivity contribution in [2.45, 2.75) is 13.3 Å². The van der Waals surface area contributed by atoms with Crippen LogP contribution in [-0.2, 0) is 6.42 Å². The van der Waals surface area contributed by atoms with Crippen molar-refractivity contribution in [3.8, 4) is 11.5 Å². The van der Waals surface area contributed by atoms with Crippen LogP contribution in [0.4, 0.5) is 22.3 Å². The molecule has 0 bridgehead atoms. The Hall–Kier alpha value is -2.45. The Labute approximate surface area is 155 Å². The molecular weight excluding hydrogens is 358 g/mol. The molecule has 7 nitrogen and oxygen atoms in total. The zero-order chi connectivity index (χ0) is 16.7. The van der Waals surface area contributed by atoms with Gasteiger partial charge in [-0.3, -0.25) is 4.98 Å². The van der Waals surface area contributed by atoms with Crippen LogP contribution in [0.5, 0.6) is 0 Å². The van der Waals surface area contributed by atoms with Gasteiger partial charge >= 0.3 is 0 Å². The first-order chi connectivity index (χ1) is 11.6. The number of rotatable bonds is 3. The van der Waals surface area contributed by atoms with Gasteiger partial charge in [-0.15, -0.1) is 12.4 Å². The molecule has 0 atom stereocenters. The Morgan fingerprint density at radius 2 is 2.16 bits per heavy atom. The highest BCUT2D eigenvalue weighted by atomic mass is 35.5. The Kier molecular flexibility index (Phi) is 4.73. The van der Waals surface area contributed by atoms with Crippen molar-refractivity contribution in [3.05, 3.63) is 35.7 Å². The van der Waals surface area contributed by atoms with E-state index in [0.717, 1.165) is 24.2 Å². The first-order valence-electron chi connectivity index (χ1n) is 7.64. The molecule has 1 aliphatic heterocycles. The van der Waals surface area contributed by atoms with Gasteiger partial charge in [-0.2, -0.15) is 9.36 Å². The number of nitrogens with one attached hydrogen (secondary N) is 1. The maximum Gasteiger partial charge on any atom is 0.208 e. The van der Waals surface area contributed by atoms with Crippen LogP contribution in [0, 0.1) is 6.92 Å². The van der Waals surface area contributed by atoms with Crippen molar-refractivity contribution in [1.29, 1.82) is 0 Å². The van der Waals surface area contributed by atoms with Gasteiger partial charge in [0.1, 0.15) is 5.69 Å². The smallest absolute Gasteiger partial charge is 0.208 e. The van der Waals surface area contributed by atoms with E-state index in [9.17, 15) is 0 Å². The number of pyridine rings is 2. The molecule has 25 heavy (non-hydrogen) atoms. The van der Waals surface area contributed by atoms with Crippen molar-refractivity contribution in [3.63, 3.8) is 0 Å². The third kappa shape index (κ3) is 3.22. The minimum absolute atomic E-state index is 0. The van der Waals surface area contributed by atoms with Gasteiger partial charge in [0.05, 0.1) is 17.6 Å². The average Bonchev–Trinajstić information content (AvgIpc) is 3.19. The number of hydrogen-bond donors (Lipinski definition) is 2. The van der Waals surface area contributed by atoms with Crippen LogP contribution in [0.25, 0.3) is 11.5 Å². The van der Waals surface area contributed by atoms with Crippen molar-refractivity contribution in [1.82, 2.24) is 19.3 Å². The standard InChI is InChI=1S/C16H17N7S.ClH/c1-9-3-5-18-15(13(9)17)21-16-20-14(22-24-16)11-7-10-4-6-23(2)12(10)8-19-11;/h3,5,7-8H,4,6,17H2,1-2H3,(H,18,20,21,22);1H. The Bertz CT molecular complexity index is 911. The van der Waals surface area contributed by atoms with Gasteiger partial charge in [0.25, 0.3) is 0 Å². The van der Waals surface area contributed by atoms with E-state index in [1.165, 1.54) is 22.8 Å². The summed E-state index contributed by atoms with van der Waals surface area (Å²) in [5, 5.41) is 3.78. The van der Waals surface area contributed by atoms with Crippen molar-refractivity contribution < 1.29 is 0 Å². The van der Waals surface area contributed by atoms with E-state index < -0.39 is 0 Å². The van der Waals surface area contributed by atoms with Gasteiger partial charge in [-0.1, -0.05) is 0 Å². The fourth-order valence-corrected chi connectivity index (χ4v) is 3.29. The van der Waals surface area contributed by atoms with E-state index in [2.05, 4.69) is 42.7 Å². The van der Waals surface area contributed by atoms with Gasteiger partial charge in [0, 0.05) is 31.3 Å². The molecule has 3 N–H and O–H groups in total. The third-order valence-electron chi connectivity index (χ3n) is 4.18. The van der Waals surface area contributed by atoms with E-state index in [-0.39, 0.29) is 12.4 Å². The summed E-state index contributed by atoms with van der Waals surface area (Å²) < 4.78 is 4.40. The van der Waals surface area contributed by atoms with E-state index in [1.807, 2.05) is 19.2 Å². The second kappa shape index (κ2) is 6.81. The monoisotopic (exact) mass is 375 g/mol. The minimum Gasteiger partial charge on any atom is -0.396 e. The maximum absolute atomic E-state index is 6.04. The summed E-state index contributed by atoms with van der Waals surface area (Å²) in [6.07, 6.45) is 4.64. The number of fused-ring (bicyclic) bond motifs is 1. The SMILES string of the molecule is Cc1ccnc(Nc2nc(-c3cc4c(cn3)N(C)CC4)ns2)c1N.Cl. The van der Waals surface area contributed by atoms with Crippen LogP contribution in [0.2, 0.25) is 0 Å². The molecule has 0 amide bonds. The molecule has 3 aromatic rings. The predicted molar refractivity (Wildman–Crippen MR) is 104 cm³/mol. The largest absolute Gasteiger partial charge is 0.396 e. The first-order valence-corrected chi connectivity index (χ1v) is 8.41. The molecule has 0 unspecified atom stereocenters. The third-order valence-corrected chi connectivity index (χ3v) is 4.81. The molecule has 4 rings (SSSR count). The molecule has 0 aliphatic carbocycles. The van der Waals surface area contributed by atoms with Crippen molar-refractivity contribution in [2.75, 3.05) is 29.5 Å². The summed E-state index contributed by atoms with van der Waals surface area (Å²) in [4.78, 5) is 15.5. The topological polar surface area (TPSA) is 92.9 Å². The molecule has 9 heteroatoms. The van der Waals surface area contributed by atoms with E-state index in [1.54, 1.807) is 6.20 Å².